The summed E-state index contributed by atoms with van der Waals surface area (Å²) < 4.78 is 11.2. The molecule has 0 radical (unpaired) electrons. The molecule has 2 N–H and O–H groups in total. The van der Waals surface area contributed by atoms with Crippen LogP contribution in [0, 0.1) is 0 Å². The fourth-order valence-electron chi connectivity index (χ4n) is 2.41. The molecule has 0 spiro atoms. The molecule has 146 valence electrons. The number of hydrogen-bond donors (Lipinski definition) is 2. The predicted molar refractivity (Wildman–Crippen MR) is 97.5 cm³/mol. The summed E-state index contributed by atoms with van der Waals surface area (Å²) in [5, 5.41) is 18.6. The van der Waals surface area contributed by atoms with Crippen molar-refractivity contribution in [1.29, 1.82) is 0 Å². The van der Waals surface area contributed by atoms with Crippen LogP contribution in [-0.4, -0.2) is 53.3 Å². The standard InChI is InChI=1S/C19H29NO6/c1-4-9-20(10-5-2)17(21)13-26-15-8-7-14(18(22)19(23)24)12-16(15)25-11-6-3/h7-8,12,18,22H,4-6,9-11,13H2,1-3H3,(H,23,24). The number of rotatable bonds is 12. The first-order valence-corrected chi connectivity index (χ1v) is 9.02. The van der Waals surface area contributed by atoms with Crippen LogP contribution >= 0.6 is 0 Å². The highest BCUT2D eigenvalue weighted by molar-refractivity contribution is 5.78. The third kappa shape index (κ3) is 6.55. The van der Waals surface area contributed by atoms with Crippen LogP contribution in [0.1, 0.15) is 51.7 Å². The van der Waals surface area contributed by atoms with E-state index in [9.17, 15) is 14.7 Å². The number of carboxylic acid groups (broad SMARTS) is 1. The summed E-state index contributed by atoms with van der Waals surface area (Å²) in [4.78, 5) is 25.0. The summed E-state index contributed by atoms with van der Waals surface area (Å²) in [6.45, 7) is 7.61. The van der Waals surface area contributed by atoms with Crippen molar-refractivity contribution in [2.45, 2.75) is 46.1 Å². The van der Waals surface area contributed by atoms with Crippen molar-refractivity contribution in [1.82, 2.24) is 4.90 Å². The highest BCUT2D eigenvalue weighted by atomic mass is 16.5. The molecular weight excluding hydrogens is 338 g/mol. The summed E-state index contributed by atoms with van der Waals surface area (Å²) in [5.41, 5.74) is 0.195. The number of carbonyl (C=O) groups is 2. The van der Waals surface area contributed by atoms with Crippen molar-refractivity contribution in [3.8, 4) is 11.5 Å². The first-order chi connectivity index (χ1) is 12.4. The fraction of sp³-hybridized carbons (Fsp3) is 0.579. The Morgan fingerprint density at radius 1 is 1.04 bits per heavy atom. The number of ether oxygens (including phenoxy) is 2. The molecule has 0 saturated heterocycles. The molecule has 0 fully saturated rings. The lowest BCUT2D eigenvalue weighted by molar-refractivity contribution is -0.147. The maximum absolute atomic E-state index is 12.3. The predicted octanol–water partition coefficient (Wildman–Crippen LogP) is 2.62. The lowest BCUT2D eigenvalue weighted by Gasteiger charge is -2.22. The molecule has 26 heavy (non-hydrogen) atoms. The normalized spacial score (nSPS) is 11.7. The van der Waals surface area contributed by atoms with Crippen molar-refractivity contribution in [3.63, 3.8) is 0 Å². The second-order valence-electron chi connectivity index (χ2n) is 5.96. The number of aliphatic hydroxyl groups excluding tert-OH is 1. The summed E-state index contributed by atoms with van der Waals surface area (Å²) in [7, 11) is 0. The molecule has 0 heterocycles. The Bertz CT molecular complexity index is 583. The van der Waals surface area contributed by atoms with Crippen LogP contribution < -0.4 is 9.47 Å². The number of aliphatic carboxylic acids is 1. The Kier molecular flexibility index (Phi) is 9.51. The Labute approximate surface area is 154 Å². The van der Waals surface area contributed by atoms with E-state index in [-0.39, 0.29) is 18.1 Å². The molecule has 0 saturated carbocycles. The Morgan fingerprint density at radius 2 is 1.69 bits per heavy atom. The van der Waals surface area contributed by atoms with Gasteiger partial charge in [-0.25, -0.2) is 4.79 Å². The smallest absolute Gasteiger partial charge is 0.337 e. The van der Waals surface area contributed by atoms with Gasteiger partial charge in [-0.3, -0.25) is 4.79 Å². The van der Waals surface area contributed by atoms with Gasteiger partial charge in [-0.1, -0.05) is 26.8 Å². The highest BCUT2D eigenvalue weighted by Gasteiger charge is 2.19. The molecule has 7 nitrogen and oxygen atoms in total. The zero-order valence-electron chi connectivity index (χ0n) is 15.7. The molecule has 1 aromatic carbocycles. The van der Waals surface area contributed by atoms with Gasteiger partial charge in [0, 0.05) is 13.1 Å². The number of carboxylic acids is 1. The van der Waals surface area contributed by atoms with Gasteiger partial charge in [-0.05, 0) is 37.0 Å². The van der Waals surface area contributed by atoms with Crippen LogP contribution in [0.15, 0.2) is 18.2 Å². The highest BCUT2D eigenvalue weighted by Crippen LogP contribution is 2.31. The molecule has 1 rings (SSSR count). The monoisotopic (exact) mass is 367 g/mol. The quantitative estimate of drug-likeness (QED) is 0.589. The minimum atomic E-state index is -1.64. The SMILES string of the molecule is CCCOc1cc(C(O)C(=O)O)ccc1OCC(=O)N(CCC)CCC. The van der Waals surface area contributed by atoms with Gasteiger partial charge >= 0.3 is 5.97 Å². The van der Waals surface area contributed by atoms with E-state index in [0.29, 0.717) is 31.2 Å². The second kappa shape index (κ2) is 11.4. The van der Waals surface area contributed by atoms with Gasteiger partial charge in [0.25, 0.3) is 5.91 Å². The number of amides is 1. The number of nitrogens with zero attached hydrogens (tertiary/aromatic N) is 1. The third-order valence-corrected chi connectivity index (χ3v) is 3.67. The van der Waals surface area contributed by atoms with Crippen molar-refractivity contribution in [2.75, 3.05) is 26.3 Å². The van der Waals surface area contributed by atoms with Gasteiger partial charge in [0.05, 0.1) is 6.61 Å². The molecule has 1 amide bonds. The van der Waals surface area contributed by atoms with Crippen molar-refractivity contribution in [3.05, 3.63) is 23.8 Å². The molecular formula is C19H29NO6. The molecule has 0 bridgehead atoms. The average molecular weight is 367 g/mol. The summed E-state index contributed by atoms with van der Waals surface area (Å²) in [6.07, 6.45) is 0.862. The van der Waals surface area contributed by atoms with Gasteiger partial charge in [0.15, 0.2) is 24.2 Å². The molecule has 0 aliphatic heterocycles. The summed E-state index contributed by atoms with van der Waals surface area (Å²) >= 11 is 0. The van der Waals surface area contributed by atoms with Gasteiger partial charge < -0.3 is 24.6 Å². The summed E-state index contributed by atoms with van der Waals surface area (Å²) in [6, 6.07) is 4.40. The lowest BCUT2D eigenvalue weighted by Crippen LogP contribution is -2.36. The molecule has 1 aromatic rings. The average Bonchev–Trinajstić information content (AvgIpc) is 2.63. The first-order valence-electron chi connectivity index (χ1n) is 9.02. The minimum absolute atomic E-state index is 0.107. The largest absolute Gasteiger partial charge is 0.490 e. The number of carbonyl (C=O) groups excluding carboxylic acids is 1. The zero-order valence-corrected chi connectivity index (χ0v) is 15.7. The van der Waals surface area contributed by atoms with Gasteiger partial charge in [0.1, 0.15) is 0 Å². The molecule has 1 atom stereocenters. The Morgan fingerprint density at radius 3 is 2.23 bits per heavy atom. The third-order valence-electron chi connectivity index (χ3n) is 3.67. The lowest BCUT2D eigenvalue weighted by atomic mass is 10.1. The van der Waals surface area contributed by atoms with Crippen LogP contribution in [0.25, 0.3) is 0 Å². The van der Waals surface area contributed by atoms with E-state index in [4.69, 9.17) is 14.6 Å². The Balaban J connectivity index is 2.89. The van der Waals surface area contributed by atoms with E-state index in [0.717, 1.165) is 19.3 Å². The van der Waals surface area contributed by atoms with Crippen molar-refractivity contribution < 1.29 is 29.3 Å². The van der Waals surface area contributed by atoms with Gasteiger partial charge in [-0.15, -0.1) is 0 Å². The van der Waals surface area contributed by atoms with E-state index < -0.39 is 12.1 Å². The number of aliphatic hydroxyl groups is 1. The molecule has 1 unspecified atom stereocenters. The molecule has 7 heteroatoms. The van der Waals surface area contributed by atoms with Crippen molar-refractivity contribution in [2.24, 2.45) is 0 Å². The van der Waals surface area contributed by atoms with Gasteiger partial charge in [-0.2, -0.15) is 0 Å². The number of hydrogen-bond acceptors (Lipinski definition) is 5. The van der Waals surface area contributed by atoms with Gasteiger partial charge in [0.2, 0.25) is 0 Å². The van der Waals surface area contributed by atoms with E-state index in [1.807, 2.05) is 20.8 Å². The van der Waals surface area contributed by atoms with Crippen LogP contribution in [0.5, 0.6) is 11.5 Å². The van der Waals surface area contributed by atoms with Crippen LogP contribution in [0.3, 0.4) is 0 Å². The van der Waals surface area contributed by atoms with Crippen molar-refractivity contribution >= 4 is 11.9 Å². The minimum Gasteiger partial charge on any atom is -0.490 e. The first kappa shape index (κ1) is 21.8. The fourth-order valence-corrected chi connectivity index (χ4v) is 2.41. The topological polar surface area (TPSA) is 96.3 Å². The van der Waals surface area contributed by atoms with E-state index in [2.05, 4.69) is 0 Å². The van der Waals surface area contributed by atoms with E-state index >= 15 is 0 Å². The second-order valence-corrected chi connectivity index (χ2v) is 5.96. The molecule has 0 aliphatic rings. The van der Waals surface area contributed by atoms with Crippen LogP contribution in [-0.2, 0) is 9.59 Å². The van der Waals surface area contributed by atoms with Crippen LogP contribution in [0.2, 0.25) is 0 Å². The maximum Gasteiger partial charge on any atom is 0.337 e. The van der Waals surface area contributed by atoms with E-state index in [1.54, 1.807) is 4.90 Å². The maximum atomic E-state index is 12.3. The molecule has 0 aromatic heterocycles. The van der Waals surface area contributed by atoms with Crippen LogP contribution in [0.4, 0.5) is 0 Å². The number of benzene rings is 1. The summed E-state index contributed by atoms with van der Waals surface area (Å²) in [5.74, 6) is -0.786. The molecule has 0 aliphatic carbocycles. The zero-order chi connectivity index (χ0) is 19.5. The van der Waals surface area contributed by atoms with E-state index in [1.165, 1.54) is 18.2 Å². The Hall–Kier alpha value is -2.28.